The van der Waals surface area contributed by atoms with Crippen LogP contribution in [0.1, 0.15) is 28.7 Å². The van der Waals surface area contributed by atoms with Crippen molar-refractivity contribution in [2.45, 2.75) is 20.4 Å². The van der Waals surface area contributed by atoms with Gasteiger partial charge in [0.15, 0.2) is 0 Å². The van der Waals surface area contributed by atoms with Crippen LogP contribution in [0.5, 0.6) is 0 Å². The van der Waals surface area contributed by atoms with E-state index in [0.717, 1.165) is 30.9 Å². The highest BCUT2D eigenvalue weighted by Crippen LogP contribution is 2.22. The SMILES string of the molecule is CC(=O)c1c(CN2CCN(c3ccccc3C)CC2)n([O-])c2ccccc2[n+]1=O. The Morgan fingerprint density at radius 1 is 1.03 bits per heavy atom. The fraction of sp³-hybridized carbons (Fsp3) is 0.318. The lowest BCUT2D eigenvalue weighted by molar-refractivity contribution is -0.468. The van der Waals surface area contributed by atoms with Gasteiger partial charge in [0.05, 0.1) is 4.43 Å². The molecule has 0 amide bonds. The van der Waals surface area contributed by atoms with Crippen LogP contribution in [0.15, 0.2) is 48.5 Å². The van der Waals surface area contributed by atoms with E-state index in [0.29, 0.717) is 4.43 Å². The van der Waals surface area contributed by atoms with E-state index in [2.05, 4.69) is 28.9 Å². The van der Waals surface area contributed by atoms with Gasteiger partial charge < -0.3 is 14.8 Å². The van der Waals surface area contributed by atoms with Crippen molar-refractivity contribution in [2.24, 2.45) is 0 Å². The Kier molecular flexibility index (Phi) is 5.07. The third-order valence-electron chi connectivity index (χ3n) is 5.58. The molecule has 0 bridgehead atoms. The summed E-state index contributed by atoms with van der Waals surface area (Å²) in [5, 5.41) is 13.0. The van der Waals surface area contributed by atoms with Crippen LogP contribution < -0.4 is 9.33 Å². The first-order valence-electron chi connectivity index (χ1n) is 9.78. The zero-order valence-corrected chi connectivity index (χ0v) is 16.7. The van der Waals surface area contributed by atoms with E-state index >= 15 is 0 Å². The predicted octanol–water partition coefficient (Wildman–Crippen LogP) is 2.73. The second-order valence-corrected chi connectivity index (χ2v) is 7.48. The Morgan fingerprint density at radius 2 is 1.69 bits per heavy atom. The maximum atomic E-state index is 13.0. The van der Waals surface area contributed by atoms with Crippen LogP contribution in [0.2, 0.25) is 0 Å². The fourth-order valence-corrected chi connectivity index (χ4v) is 4.05. The number of benzene rings is 2. The van der Waals surface area contributed by atoms with Gasteiger partial charge in [-0.3, -0.25) is 9.69 Å². The quantitative estimate of drug-likeness (QED) is 0.504. The normalized spacial score (nSPS) is 15.0. The molecule has 7 nitrogen and oxygen atoms in total. The van der Waals surface area contributed by atoms with Crippen molar-refractivity contribution in [1.82, 2.24) is 9.63 Å². The maximum absolute atomic E-state index is 13.0. The van der Waals surface area contributed by atoms with Crippen LogP contribution in [0.3, 0.4) is 0 Å². The van der Waals surface area contributed by atoms with Gasteiger partial charge in [-0.1, -0.05) is 30.3 Å². The van der Waals surface area contributed by atoms with E-state index in [9.17, 15) is 14.9 Å². The molecule has 0 N–H and O–H groups in total. The average molecular weight is 392 g/mol. The zero-order chi connectivity index (χ0) is 20.5. The molecule has 1 aliphatic rings. The van der Waals surface area contributed by atoms with Crippen molar-refractivity contribution in [3.63, 3.8) is 0 Å². The first-order chi connectivity index (χ1) is 14.0. The van der Waals surface area contributed by atoms with Gasteiger partial charge >= 0.3 is 5.69 Å². The number of carbonyl (C=O) groups excluding carboxylic acids is 1. The van der Waals surface area contributed by atoms with Gasteiger partial charge in [-0.15, -0.1) is 0 Å². The van der Waals surface area contributed by atoms with Crippen molar-refractivity contribution in [2.75, 3.05) is 31.1 Å². The topological polar surface area (TPSA) is 74.5 Å². The van der Waals surface area contributed by atoms with Gasteiger partial charge in [-0.25, -0.2) is 0 Å². The highest BCUT2D eigenvalue weighted by Gasteiger charge is 2.28. The van der Waals surface area contributed by atoms with Gasteiger partial charge in [0.25, 0.3) is 5.52 Å². The van der Waals surface area contributed by atoms with Gasteiger partial charge in [0.1, 0.15) is 11.2 Å². The highest BCUT2D eigenvalue weighted by atomic mass is 16.5. The Balaban J connectivity index is 1.61. The standard InChI is InChI=1S/C22H24N4O3/c1-16-7-3-4-8-18(16)24-13-11-23(12-14-24)15-21-22(17(2)27)26(29)20-10-6-5-9-19(20)25(21)28/h3-10H,11-15H2,1-2H3. The van der Waals surface area contributed by atoms with Crippen molar-refractivity contribution in [3.8, 4) is 0 Å². The Hall–Kier alpha value is -3.19. The highest BCUT2D eigenvalue weighted by molar-refractivity contribution is 5.93. The molecular formula is C22H24N4O3. The molecule has 0 spiro atoms. The minimum Gasteiger partial charge on any atom is -0.805 e. The summed E-state index contributed by atoms with van der Waals surface area (Å²) in [4.78, 5) is 29.4. The monoisotopic (exact) mass is 392 g/mol. The Bertz CT molecular complexity index is 1130. The lowest BCUT2D eigenvalue weighted by atomic mass is 10.1. The van der Waals surface area contributed by atoms with Crippen LogP contribution in [0, 0.1) is 17.0 Å². The van der Waals surface area contributed by atoms with E-state index in [1.807, 2.05) is 12.1 Å². The molecule has 0 unspecified atom stereocenters. The lowest BCUT2D eigenvalue weighted by Gasteiger charge is -2.37. The molecule has 0 radical (unpaired) electrons. The number of anilines is 1. The molecule has 4 rings (SSSR count). The van der Waals surface area contributed by atoms with Crippen LogP contribution in [0.4, 0.5) is 5.69 Å². The molecule has 3 aromatic rings. The van der Waals surface area contributed by atoms with Crippen molar-refractivity contribution in [1.29, 1.82) is 0 Å². The number of fused-ring (bicyclic) bond motifs is 1. The van der Waals surface area contributed by atoms with E-state index in [1.54, 1.807) is 24.3 Å². The number of hydrogen-bond acceptors (Lipinski definition) is 5. The Labute approximate surface area is 169 Å². The molecule has 0 saturated carbocycles. The molecule has 1 saturated heterocycles. The van der Waals surface area contributed by atoms with E-state index in [4.69, 9.17) is 0 Å². The summed E-state index contributed by atoms with van der Waals surface area (Å²) in [5.74, 6) is -0.399. The second-order valence-electron chi connectivity index (χ2n) is 7.48. The molecule has 1 aromatic heterocycles. The smallest absolute Gasteiger partial charge is 0.326 e. The number of Topliss-reactive ketones (excluding diaryl/α,β-unsaturated/α-hetero) is 1. The molecule has 1 aliphatic heterocycles. The van der Waals surface area contributed by atoms with Crippen LogP contribution in [-0.2, 0) is 6.54 Å². The molecule has 29 heavy (non-hydrogen) atoms. The molecule has 150 valence electrons. The van der Waals surface area contributed by atoms with Crippen LogP contribution >= 0.6 is 0 Å². The number of hydrogen-bond donors (Lipinski definition) is 0. The number of ketones is 1. The summed E-state index contributed by atoms with van der Waals surface area (Å²) in [5.41, 5.74) is 3.09. The number of aromatic nitrogens is 2. The van der Waals surface area contributed by atoms with Crippen molar-refractivity contribution in [3.05, 3.63) is 75.6 Å². The third-order valence-corrected chi connectivity index (χ3v) is 5.58. The summed E-state index contributed by atoms with van der Waals surface area (Å²) in [7, 11) is 0. The first kappa shape index (κ1) is 19.1. The lowest BCUT2D eigenvalue weighted by Crippen LogP contribution is -2.47. The number of rotatable bonds is 4. The molecule has 1 fully saturated rings. The molecular weight excluding hydrogens is 368 g/mol. The fourth-order valence-electron chi connectivity index (χ4n) is 4.05. The third kappa shape index (κ3) is 3.49. The first-order valence-corrected chi connectivity index (χ1v) is 9.78. The zero-order valence-electron chi connectivity index (χ0n) is 16.7. The number of carbonyl (C=O) groups is 1. The number of para-hydroxylation sites is 3. The van der Waals surface area contributed by atoms with E-state index in [-0.39, 0.29) is 29.0 Å². The minimum absolute atomic E-state index is 0.0694. The minimum atomic E-state index is -0.399. The van der Waals surface area contributed by atoms with Crippen molar-refractivity contribution < 1.29 is 9.22 Å². The number of piperazine rings is 1. The van der Waals surface area contributed by atoms with Gasteiger partial charge in [-0.2, -0.15) is 0 Å². The van der Waals surface area contributed by atoms with Crippen LogP contribution in [0.25, 0.3) is 11.0 Å². The van der Waals surface area contributed by atoms with Gasteiger partial charge in [0.2, 0.25) is 5.78 Å². The second kappa shape index (κ2) is 7.67. The largest absolute Gasteiger partial charge is 0.805 e. The Morgan fingerprint density at radius 3 is 2.38 bits per heavy atom. The van der Waals surface area contributed by atoms with Crippen molar-refractivity contribution >= 4 is 22.5 Å². The maximum Gasteiger partial charge on any atom is 0.326 e. The summed E-state index contributed by atoms with van der Waals surface area (Å²) >= 11 is 0. The van der Waals surface area contributed by atoms with Gasteiger partial charge in [0, 0.05) is 56.3 Å². The summed E-state index contributed by atoms with van der Waals surface area (Å²) < 4.78 is 1.35. The molecule has 7 heteroatoms. The molecule has 2 heterocycles. The summed E-state index contributed by atoms with van der Waals surface area (Å²) in [6, 6.07) is 14.9. The van der Waals surface area contributed by atoms with Gasteiger partial charge in [-0.05, 0) is 24.6 Å². The molecule has 0 atom stereocenters. The van der Waals surface area contributed by atoms with E-state index < -0.39 is 5.78 Å². The van der Waals surface area contributed by atoms with Crippen LogP contribution in [-0.4, -0.2) is 41.6 Å². The predicted molar refractivity (Wildman–Crippen MR) is 113 cm³/mol. The number of aryl methyl sites for hydroxylation is 1. The summed E-state index contributed by atoms with van der Waals surface area (Å²) in [6.07, 6.45) is 0. The number of nitrogens with zero attached hydrogens (tertiary/aromatic N) is 4. The average Bonchev–Trinajstić information content (AvgIpc) is 2.73. The molecule has 2 aromatic carbocycles. The van der Waals surface area contributed by atoms with E-state index in [1.165, 1.54) is 18.2 Å². The molecule has 0 aliphatic carbocycles. The summed E-state index contributed by atoms with van der Waals surface area (Å²) in [6.45, 7) is 6.84.